The number of aromatic amines is 1. The number of nitriles is 1. The molecule has 1 amide bonds. The van der Waals surface area contributed by atoms with E-state index in [0.717, 1.165) is 5.75 Å². The van der Waals surface area contributed by atoms with Crippen molar-refractivity contribution in [2.24, 2.45) is 0 Å². The fourth-order valence-corrected chi connectivity index (χ4v) is 2.04. The Labute approximate surface area is 134 Å². The Morgan fingerprint density at radius 3 is 2.65 bits per heavy atom. The summed E-state index contributed by atoms with van der Waals surface area (Å²) < 4.78 is 5.54. The normalized spacial score (nSPS) is 11.8. The molecule has 2 rings (SSSR count). The van der Waals surface area contributed by atoms with Gasteiger partial charge in [0.25, 0.3) is 5.91 Å². The average Bonchev–Trinajstić information content (AvgIpc) is 3.01. The summed E-state index contributed by atoms with van der Waals surface area (Å²) in [6, 6.07) is 10.5. The van der Waals surface area contributed by atoms with Gasteiger partial charge in [0.05, 0.1) is 17.8 Å². The van der Waals surface area contributed by atoms with Crippen molar-refractivity contribution in [3.63, 3.8) is 0 Å². The van der Waals surface area contributed by atoms with Gasteiger partial charge in [-0.15, -0.1) is 0 Å². The van der Waals surface area contributed by atoms with Gasteiger partial charge in [-0.1, -0.05) is 12.1 Å². The number of carbonyl (C=O) groups is 1. The number of H-pyrrole nitrogens is 1. The first kappa shape index (κ1) is 16.6. The van der Waals surface area contributed by atoms with E-state index in [0.29, 0.717) is 16.8 Å². The molecule has 120 valence electrons. The van der Waals surface area contributed by atoms with Crippen LogP contribution in [0, 0.1) is 11.3 Å². The Bertz CT molecular complexity index is 699. The molecule has 1 aromatic heterocycles. The minimum Gasteiger partial charge on any atom is -0.491 e. The predicted octanol–water partition coefficient (Wildman–Crippen LogP) is 2.14. The van der Waals surface area contributed by atoms with Gasteiger partial charge in [0.2, 0.25) is 0 Å². The summed E-state index contributed by atoms with van der Waals surface area (Å²) in [5.74, 6) is 0.387. The van der Waals surface area contributed by atoms with Gasteiger partial charge in [-0.3, -0.25) is 4.79 Å². The minimum absolute atomic E-state index is 0.0796. The van der Waals surface area contributed by atoms with E-state index in [-0.39, 0.29) is 18.6 Å². The van der Waals surface area contributed by atoms with Gasteiger partial charge in [-0.2, -0.15) is 5.26 Å². The number of ether oxygens (including phenoxy) is 1. The van der Waals surface area contributed by atoms with Crippen molar-refractivity contribution in [2.75, 3.05) is 6.54 Å². The third kappa shape index (κ3) is 4.59. The molecule has 0 bridgehead atoms. The summed E-state index contributed by atoms with van der Waals surface area (Å²) in [5, 5.41) is 21.5. The molecule has 0 aliphatic rings. The van der Waals surface area contributed by atoms with E-state index in [4.69, 9.17) is 10.00 Å². The number of carbonyl (C=O) groups excluding carboxylic acids is 1. The van der Waals surface area contributed by atoms with E-state index in [1.165, 1.54) is 12.3 Å². The number of nitrogens with zero attached hydrogens (tertiary/aromatic N) is 1. The molecule has 0 saturated heterocycles. The van der Waals surface area contributed by atoms with Crippen molar-refractivity contribution in [1.82, 2.24) is 10.3 Å². The van der Waals surface area contributed by atoms with E-state index in [2.05, 4.69) is 10.3 Å². The van der Waals surface area contributed by atoms with Crippen LogP contribution >= 0.6 is 0 Å². The number of aliphatic hydroxyl groups is 1. The Balaban J connectivity index is 1.90. The molecule has 1 unspecified atom stereocenters. The van der Waals surface area contributed by atoms with E-state index < -0.39 is 6.10 Å². The number of hydrogen-bond donors (Lipinski definition) is 3. The molecule has 1 aromatic carbocycles. The second-order valence-electron chi connectivity index (χ2n) is 5.38. The highest BCUT2D eigenvalue weighted by Gasteiger charge is 2.12. The van der Waals surface area contributed by atoms with Crippen LogP contribution in [0.25, 0.3) is 0 Å². The number of hydrogen-bond acceptors (Lipinski definition) is 4. The molecule has 2 aromatic rings. The van der Waals surface area contributed by atoms with Crippen molar-refractivity contribution in [2.45, 2.75) is 26.1 Å². The Morgan fingerprint density at radius 2 is 2.09 bits per heavy atom. The van der Waals surface area contributed by atoms with Crippen LogP contribution in [0.15, 0.2) is 36.5 Å². The molecular weight excluding hydrogens is 294 g/mol. The standard InChI is InChI=1S/C17H19N3O3/c1-11(2)23-15-5-3-12(4-6-15)16(21)10-20-17(22)13-7-14(8-18)19-9-13/h3-7,9,11,16,19,21H,10H2,1-2H3,(H,20,22). The molecule has 6 heteroatoms. The van der Waals surface area contributed by atoms with Crippen molar-refractivity contribution in [3.8, 4) is 11.8 Å². The summed E-state index contributed by atoms with van der Waals surface area (Å²) in [6.45, 7) is 3.96. The van der Waals surface area contributed by atoms with Gasteiger partial charge in [-0.05, 0) is 37.6 Å². The topological polar surface area (TPSA) is 98.1 Å². The first-order chi connectivity index (χ1) is 11.0. The van der Waals surface area contributed by atoms with E-state index in [9.17, 15) is 9.90 Å². The summed E-state index contributed by atoms with van der Waals surface area (Å²) in [4.78, 5) is 14.6. The molecule has 0 fully saturated rings. The van der Waals surface area contributed by atoms with Gasteiger partial charge in [-0.25, -0.2) is 0 Å². The largest absolute Gasteiger partial charge is 0.491 e. The van der Waals surface area contributed by atoms with Crippen LogP contribution in [0.5, 0.6) is 5.75 Å². The van der Waals surface area contributed by atoms with Gasteiger partial charge < -0.3 is 20.1 Å². The van der Waals surface area contributed by atoms with Crippen LogP contribution in [0.4, 0.5) is 0 Å². The van der Waals surface area contributed by atoms with Crippen LogP contribution in [-0.4, -0.2) is 28.6 Å². The second kappa shape index (κ2) is 7.47. The van der Waals surface area contributed by atoms with Crippen LogP contribution < -0.4 is 10.1 Å². The monoisotopic (exact) mass is 313 g/mol. The lowest BCUT2D eigenvalue weighted by Gasteiger charge is -2.14. The van der Waals surface area contributed by atoms with Gasteiger partial charge in [0.15, 0.2) is 0 Å². The van der Waals surface area contributed by atoms with Crippen molar-refractivity contribution in [3.05, 3.63) is 53.3 Å². The summed E-state index contributed by atoms with van der Waals surface area (Å²) in [7, 11) is 0. The maximum Gasteiger partial charge on any atom is 0.252 e. The Hall–Kier alpha value is -2.78. The Kier molecular flexibility index (Phi) is 5.39. The fraction of sp³-hybridized carbons (Fsp3) is 0.294. The quantitative estimate of drug-likeness (QED) is 0.761. The number of aromatic nitrogens is 1. The predicted molar refractivity (Wildman–Crippen MR) is 85.0 cm³/mol. The first-order valence-corrected chi connectivity index (χ1v) is 7.31. The van der Waals surface area contributed by atoms with Crippen molar-refractivity contribution >= 4 is 5.91 Å². The number of benzene rings is 1. The van der Waals surface area contributed by atoms with E-state index in [1.54, 1.807) is 24.3 Å². The molecule has 0 saturated carbocycles. The second-order valence-corrected chi connectivity index (χ2v) is 5.38. The van der Waals surface area contributed by atoms with Crippen molar-refractivity contribution < 1.29 is 14.6 Å². The summed E-state index contributed by atoms with van der Waals surface area (Å²) >= 11 is 0. The van der Waals surface area contributed by atoms with Crippen LogP contribution in [0.1, 0.15) is 41.6 Å². The highest BCUT2D eigenvalue weighted by Crippen LogP contribution is 2.18. The zero-order valence-corrected chi connectivity index (χ0v) is 13.0. The molecule has 0 aliphatic heterocycles. The molecule has 0 aliphatic carbocycles. The van der Waals surface area contributed by atoms with Gasteiger partial charge >= 0.3 is 0 Å². The SMILES string of the molecule is CC(C)Oc1ccc(C(O)CNC(=O)c2c[nH]c(C#N)c2)cc1. The number of aliphatic hydroxyl groups excluding tert-OH is 1. The number of rotatable bonds is 6. The molecule has 6 nitrogen and oxygen atoms in total. The van der Waals surface area contributed by atoms with Crippen LogP contribution in [-0.2, 0) is 0 Å². The minimum atomic E-state index is -0.818. The van der Waals surface area contributed by atoms with E-state index >= 15 is 0 Å². The van der Waals surface area contributed by atoms with Crippen LogP contribution in [0.2, 0.25) is 0 Å². The molecule has 1 heterocycles. The molecule has 23 heavy (non-hydrogen) atoms. The number of nitrogens with one attached hydrogen (secondary N) is 2. The zero-order valence-electron chi connectivity index (χ0n) is 13.0. The van der Waals surface area contributed by atoms with Gasteiger partial charge in [0.1, 0.15) is 17.5 Å². The first-order valence-electron chi connectivity index (χ1n) is 7.31. The molecule has 0 spiro atoms. The lowest BCUT2D eigenvalue weighted by Crippen LogP contribution is -2.28. The lowest BCUT2D eigenvalue weighted by atomic mass is 10.1. The summed E-state index contributed by atoms with van der Waals surface area (Å²) in [5.41, 5.74) is 1.36. The highest BCUT2D eigenvalue weighted by atomic mass is 16.5. The zero-order chi connectivity index (χ0) is 16.8. The Morgan fingerprint density at radius 1 is 1.39 bits per heavy atom. The van der Waals surface area contributed by atoms with Gasteiger partial charge in [0, 0.05) is 12.7 Å². The smallest absolute Gasteiger partial charge is 0.252 e. The number of amides is 1. The molecule has 0 radical (unpaired) electrons. The summed E-state index contributed by atoms with van der Waals surface area (Å²) in [6.07, 6.45) is 0.726. The highest BCUT2D eigenvalue weighted by molar-refractivity contribution is 5.94. The molecule has 3 N–H and O–H groups in total. The van der Waals surface area contributed by atoms with E-state index in [1.807, 2.05) is 19.9 Å². The molecular formula is C17H19N3O3. The third-order valence-electron chi connectivity index (χ3n) is 3.16. The molecule has 1 atom stereocenters. The maximum absolute atomic E-state index is 11.9. The fourth-order valence-electron chi connectivity index (χ4n) is 2.04. The lowest BCUT2D eigenvalue weighted by molar-refractivity contribution is 0.0916. The maximum atomic E-state index is 11.9. The average molecular weight is 313 g/mol. The van der Waals surface area contributed by atoms with Crippen molar-refractivity contribution in [1.29, 1.82) is 5.26 Å². The third-order valence-corrected chi connectivity index (χ3v) is 3.16. The van der Waals surface area contributed by atoms with Crippen LogP contribution in [0.3, 0.4) is 0 Å².